The SMILES string of the molecule is CC1CN(c2ccc(NC=C3C(=O)NC(=O)c4ccc(-c5ccsc5)cc43)cc2)CC(C)N1. The van der Waals surface area contributed by atoms with Crippen LogP contribution in [0.3, 0.4) is 0 Å². The van der Waals surface area contributed by atoms with E-state index in [0.29, 0.717) is 28.8 Å². The van der Waals surface area contributed by atoms with E-state index in [0.717, 1.165) is 29.9 Å². The molecule has 7 heteroatoms. The van der Waals surface area contributed by atoms with E-state index in [-0.39, 0.29) is 5.91 Å². The van der Waals surface area contributed by atoms with Crippen LogP contribution in [-0.2, 0) is 4.79 Å². The van der Waals surface area contributed by atoms with E-state index in [4.69, 9.17) is 0 Å². The zero-order valence-corrected chi connectivity index (χ0v) is 19.4. The number of imide groups is 1. The maximum Gasteiger partial charge on any atom is 0.260 e. The molecule has 2 aliphatic rings. The Morgan fingerprint density at radius 1 is 0.939 bits per heavy atom. The maximum absolute atomic E-state index is 12.7. The minimum Gasteiger partial charge on any atom is -0.368 e. The molecule has 0 bridgehead atoms. The lowest BCUT2D eigenvalue weighted by atomic mass is 9.92. The standard InChI is InChI=1S/C26H26N4O2S/c1-16-13-30(14-17(2)28-16)21-6-4-20(5-7-21)27-12-24-23-11-18(19-9-10-33-15-19)3-8-22(23)25(31)29-26(24)32/h3-12,15-17,27-28H,13-14H2,1-2H3,(H,29,31,32). The predicted octanol–water partition coefficient (Wildman–Crippen LogP) is 4.32. The number of anilines is 2. The number of nitrogens with zero attached hydrogens (tertiary/aromatic N) is 1. The number of hydrogen-bond acceptors (Lipinski definition) is 6. The lowest BCUT2D eigenvalue weighted by Gasteiger charge is -2.37. The van der Waals surface area contributed by atoms with Gasteiger partial charge in [0.25, 0.3) is 11.8 Å². The van der Waals surface area contributed by atoms with Crippen molar-refractivity contribution in [1.29, 1.82) is 0 Å². The van der Waals surface area contributed by atoms with Gasteiger partial charge in [-0.05, 0) is 78.2 Å². The third-order valence-electron chi connectivity index (χ3n) is 6.05. The van der Waals surface area contributed by atoms with Crippen molar-refractivity contribution < 1.29 is 9.59 Å². The summed E-state index contributed by atoms with van der Waals surface area (Å²) >= 11 is 1.61. The molecule has 2 aromatic carbocycles. The van der Waals surface area contributed by atoms with Crippen LogP contribution in [0.15, 0.2) is 65.5 Å². The quantitative estimate of drug-likeness (QED) is 0.401. The smallest absolute Gasteiger partial charge is 0.260 e. The summed E-state index contributed by atoms with van der Waals surface area (Å²) in [6.45, 7) is 6.34. The van der Waals surface area contributed by atoms with Gasteiger partial charge in [0.1, 0.15) is 0 Å². The van der Waals surface area contributed by atoms with Crippen molar-refractivity contribution in [3.8, 4) is 11.1 Å². The second-order valence-corrected chi connectivity index (χ2v) is 9.46. The number of thiophene rings is 1. The molecule has 2 amide bonds. The molecule has 2 unspecified atom stereocenters. The third-order valence-corrected chi connectivity index (χ3v) is 6.74. The van der Waals surface area contributed by atoms with Crippen molar-refractivity contribution >= 4 is 40.1 Å². The molecule has 5 rings (SSSR count). The molecule has 0 saturated carbocycles. The summed E-state index contributed by atoms with van der Waals surface area (Å²) in [6.07, 6.45) is 1.68. The lowest BCUT2D eigenvalue weighted by molar-refractivity contribution is -0.114. The number of nitrogens with one attached hydrogen (secondary N) is 3. The number of hydrogen-bond donors (Lipinski definition) is 3. The van der Waals surface area contributed by atoms with Gasteiger partial charge in [-0.1, -0.05) is 6.07 Å². The van der Waals surface area contributed by atoms with E-state index in [1.807, 2.05) is 35.7 Å². The van der Waals surface area contributed by atoms with Crippen LogP contribution in [0.4, 0.5) is 11.4 Å². The number of piperazine rings is 1. The largest absolute Gasteiger partial charge is 0.368 e. The number of carbonyl (C=O) groups excluding carboxylic acids is 2. The van der Waals surface area contributed by atoms with Gasteiger partial charge in [0.05, 0.1) is 5.57 Å². The molecule has 168 valence electrons. The van der Waals surface area contributed by atoms with E-state index in [2.05, 4.69) is 52.2 Å². The Hall–Kier alpha value is -3.42. The van der Waals surface area contributed by atoms with Gasteiger partial charge >= 0.3 is 0 Å². The lowest BCUT2D eigenvalue weighted by Crippen LogP contribution is -2.54. The molecule has 2 aliphatic heterocycles. The first-order valence-electron chi connectivity index (χ1n) is 11.1. The van der Waals surface area contributed by atoms with Crippen LogP contribution in [0.1, 0.15) is 29.8 Å². The first-order chi connectivity index (χ1) is 16.0. The van der Waals surface area contributed by atoms with Gasteiger partial charge in [0.15, 0.2) is 0 Å². The number of rotatable bonds is 4. The van der Waals surface area contributed by atoms with Crippen LogP contribution in [0, 0.1) is 0 Å². The second kappa shape index (κ2) is 8.84. The minimum atomic E-state index is -0.400. The van der Waals surface area contributed by atoms with Gasteiger partial charge < -0.3 is 15.5 Å². The monoisotopic (exact) mass is 458 g/mol. The van der Waals surface area contributed by atoms with Crippen LogP contribution in [0.2, 0.25) is 0 Å². The second-order valence-electron chi connectivity index (χ2n) is 8.68. The molecule has 1 aromatic heterocycles. The Kier molecular flexibility index (Phi) is 5.74. The number of amides is 2. The molecule has 3 aromatic rings. The van der Waals surface area contributed by atoms with Crippen molar-refractivity contribution in [2.75, 3.05) is 23.3 Å². The maximum atomic E-state index is 12.7. The Morgan fingerprint density at radius 3 is 2.39 bits per heavy atom. The molecule has 3 N–H and O–H groups in total. The fourth-order valence-corrected chi connectivity index (χ4v) is 5.20. The van der Waals surface area contributed by atoms with Crippen molar-refractivity contribution in [3.63, 3.8) is 0 Å². The van der Waals surface area contributed by atoms with Crippen LogP contribution in [0.5, 0.6) is 0 Å². The Labute approximate surface area is 197 Å². The van der Waals surface area contributed by atoms with E-state index in [1.165, 1.54) is 5.69 Å². The molecular formula is C26H26N4O2S. The fraction of sp³-hybridized carbons (Fsp3) is 0.231. The molecule has 33 heavy (non-hydrogen) atoms. The molecule has 0 radical (unpaired) electrons. The highest BCUT2D eigenvalue weighted by Crippen LogP contribution is 2.31. The number of benzene rings is 2. The molecule has 1 saturated heterocycles. The summed E-state index contributed by atoms with van der Waals surface area (Å²) in [5.74, 6) is -0.768. The Bertz CT molecular complexity index is 1210. The van der Waals surface area contributed by atoms with Crippen LogP contribution < -0.4 is 20.9 Å². The van der Waals surface area contributed by atoms with E-state index in [1.54, 1.807) is 23.6 Å². The number of fused-ring (bicyclic) bond motifs is 1. The average Bonchev–Trinajstić information content (AvgIpc) is 3.33. The summed E-state index contributed by atoms with van der Waals surface area (Å²) in [5.41, 5.74) is 5.69. The highest BCUT2D eigenvalue weighted by atomic mass is 32.1. The predicted molar refractivity (Wildman–Crippen MR) is 135 cm³/mol. The summed E-state index contributed by atoms with van der Waals surface area (Å²) in [6, 6.07) is 16.7. The topological polar surface area (TPSA) is 73.5 Å². The van der Waals surface area contributed by atoms with Crippen molar-refractivity contribution in [1.82, 2.24) is 10.6 Å². The zero-order chi connectivity index (χ0) is 22.9. The molecule has 6 nitrogen and oxygen atoms in total. The van der Waals surface area contributed by atoms with Crippen molar-refractivity contribution in [3.05, 3.63) is 76.6 Å². The first kappa shape index (κ1) is 21.4. The molecule has 3 heterocycles. The van der Waals surface area contributed by atoms with Crippen LogP contribution >= 0.6 is 11.3 Å². The summed E-state index contributed by atoms with van der Waals surface area (Å²) in [5, 5.41) is 13.3. The highest BCUT2D eigenvalue weighted by molar-refractivity contribution is 7.08. The molecular weight excluding hydrogens is 432 g/mol. The first-order valence-corrected chi connectivity index (χ1v) is 12.0. The highest BCUT2D eigenvalue weighted by Gasteiger charge is 2.27. The summed E-state index contributed by atoms with van der Waals surface area (Å²) in [7, 11) is 0. The van der Waals surface area contributed by atoms with Gasteiger partial charge in [0.2, 0.25) is 0 Å². The molecule has 0 spiro atoms. The Balaban J connectivity index is 1.39. The van der Waals surface area contributed by atoms with Gasteiger partial charge in [0, 0.05) is 53.9 Å². The van der Waals surface area contributed by atoms with E-state index < -0.39 is 5.91 Å². The van der Waals surface area contributed by atoms with Crippen molar-refractivity contribution in [2.24, 2.45) is 0 Å². The van der Waals surface area contributed by atoms with Crippen molar-refractivity contribution in [2.45, 2.75) is 25.9 Å². The van der Waals surface area contributed by atoms with Gasteiger partial charge in [-0.15, -0.1) is 0 Å². The Morgan fingerprint density at radius 2 is 1.70 bits per heavy atom. The van der Waals surface area contributed by atoms with Gasteiger partial charge in [-0.3, -0.25) is 14.9 Å². The third kappa shape index (κ3) is 4.42. The molecule has 0 aliphatic carbocycles. The van der Waals surface area contributed by atoms with E-state index in [9.17, 15) is 9.59 Å². The zero-order valence-electron chi connectivity index (χ0n) is 18.6. The summed E-state index contributed by atoms with van der Waals surface area (Å²) in [4.78, 5) is 27.4. The normalized spacial score (nSPS) is 21.6. The minimum absolute atomic E-state index is 0.368. The number of carbonyl (C=O) groups is 2. The van der Waals surface area contributed by atoms with E-state index >= 15 is 0 Å². The van der Waals surface area contributed by atoms with Crippen LogP contribution in [-0.4, -0.2) is 37.0 Å². The fourth-order valence-electron chi connectivity index (χ4n) is 4.54. The van der Waals surface area contributed by atoms with Crippen LogP contribution in [0.25, 0.3) is 16.7 Å². The van der Waals surface area contributed by atoms with Gasteiger partial charge in [-0.25, -0.2) is 0 Å². The average molecular weight is 459 g/mol. The molecule has 1 fully saturated rings. The molecule has 2 atom stereocenters. The summed E-state index contributed by atoms with van der Waals surface area (Å²) < 4.78 is 0. The van der Waals surface area contributed by atoms with Gasteiger partial charge in [-0.2, -0.15) is 11.3 Å².